The van der Waals surface area contributed by atoms with Gasteiger partial charge in [-0.2, -0.15) is 5.10 Å². The monoisotopic (exact) mass is 370 g/mol. The molecule has 0 atom stereocenters. The van der Waals surface area contributed by atoms with Gasteiger partial charge in [0.1, 0.15) is 0 Å². The fourth-order valence-corrected chi connectivity index (χ4v) is 3.20. The number of rotatable bonds is 4. The van der Waals surface area contributed by atoms with Crippen molar-refractivity contribution in [2.24, 2.45) is 0 Å². The van der Waals surface area contributed by atoms with Gasteiger partial charge in [0, 0.05) is 11.2 Å². The van der Waals surface area contributed by atoms with Crippen molar-refractivity contribution in [2.45, 2.75) is 59.3 Å². The Hall–Kier alpha value is -2.12. The van der Waals surface area contributed by atoms with E-state index in [4.69, 9.17) is 14.0 Å². The fraction of sp³-hybridized carbons (Fsp3) is 0.500. The van der Waals surface area contributed by atoms with Gasteiger partial charge in [0.15, 0.2) is 0 Å². The highest BCUT2D eigenvalue weighted by Crippen LogP contribution is 2.36. The summed E-state index contributed by atoms with van der Waals surface area (Å²) in [4.78, 5) is 11.6. The van der Waals surface area contributed by atoms with Crippen LogP contribution in [-0.4, -0.2) is 41.2 Å². The second kappa shape index (κ2) is 6.80. The number of nitrogens with zero attached hydrogens (tertiary/aromatic N) is 2. The average molecular weight is 370 g/mol. The number of aromatic nitrogens is 2. The zero-order valence-electron chi connectivity index (χ0n) is 17.1. The molecule has 1 aromatic carbocycles. The van der Waals surface area contributed by atoms with E-state index in [-0.39, 0.29) is 17.2 Å². The number of esters is 1. The Morgan fingerprint density at radius 1 is 1.11 bits per heavy atom. The number of carbonyl (C=O) groups is 1. The summed E-state index contributed by atoms with van der Waals surface area (Å²) >= 11 is 0. The second-order valence-electron chi connectivity index (χ2n) is 8.02. The molecule has 0 amide bonds. The van der Waals surface area contributed by atoms with E-state index in [0.29, 0.717) is 12.1 Å². The number of ether oxygens (including phenoxy) is 1. The van der Waals surface area contributed by atoms with Gasteiger partial charge in [-0.25, -0.2) is 4.79 Å². The van der Waals surface area contributed by atoms with E-state index in [2.05, 4.69) is 5.10 Å². The first-order valence-corrected chi connectivity index (χ1v) is 9.12. The van der Waals surface area contributed by atoms with Crippen molar-refractivity contribution in [3.8, 4) is 0 Å². The van der Waals surface area contributed by atoms with Crippen molar-refractivity contribution in [1.82, 2.24) is 9.78 Å². The zero-order valence-corrected chi connectivity index (χ0v) is 17.1. The van der Waals surface area contributed by atoms with Crippen LogP contribution < -0.4 is 5.46 Å². The van der Waals surface area contributed by atoms with Crippen LogP contribution in [0.2, 0.25) is 0 Å². The van der Waals surface area contributed by atoms with Crippen molar-refractivity contribution < 1.29 is 18.8 Å². The van der Waals surface area contributed by atoms with E-state index in [1.807, 2.05) is 58.4 Å². The maximum Gasteiger partial charge on any atom is 0.498 e. The van der Waals surface area contributed by atoms with Crippen LogP contribution in [0, 0.1) is 13.8 Å². The summed E-state index contributed by atoms with van der Waals surface area (Å²) < 4.78 is 19.1. The molecule has 6 nitrogen and oxygen atoms in total. The van der Waals surface area contributed by atoms with E-state index >= 15 is 0 Å². The smallest absolute Gasteiger partial charge is 0.465 e. The Balaban J connectivity index is 1.83. The fourth-order valence-electron chi connectivity index (χ4n) is 3.20. The Morgan fingerprint density at radius 2 is 1.67 bits per heavy atom. The van der Waals surface area contributed by atoms with Gasteiger partial charge >= 0.3 is 13.1 Å². The van der Waals surface area contributed by atoms with Crippen molar-refractivity contribution in [1.29, 1.82) is 0 Å². The molecule has 0 bridgehead atoms. The molecule has 1 aliphatic heterocycles. The molecule has 3 rings (SSSR count). The molecule has 0 radical (unpaired) electrons. The number of carbonyl (C=O) groups excluding carboxylic acids is 1. The molecule has 27 heavy (non-hydrogen) atoms. The van der Waals surface area contributed by atoms with Gasteiger partial charge in [-0.1, -0.05) is 12.1 Å². The van der Waals surface area contributed by atoms with Gasteiger partial charge in [0.05, 0.1) is 36.1 Å². The lowest BCUT2D eigenvalue weighted by Crippen LogP contribution is -2.41. The van der Waals surface area contributed by atoms with Crippen LogP contribution in [0.25, 0.3) is 0 Å². The molecule has 0 unspecified atom stereocenters. The SMILES string of the molecule is COC(=O)c1ccc(Cn2nc(C)c(B3OC(C)(C)C(C)(C)O3)c2C)cc1. The molecule has 144 valence electrons. The van der Waals surface area contributed by atoms with Crippen LogP contribution in [0.3, 0.4) is 0 Å². The van der Waals surface area contributed by atoms with E-state index in [1.54, 1.807) is 12.1 Å². The second-order valence-corrected chi connectivity index (χ2v) is 8.02. The molecule has 7 heteroatoms. The Bertz CT molecular complexity index is 840. The van der Waals surface area contributed by atoms with Crippen molar-refractivity contribution in [3.05, 3.63) is 46.8 Å². The summed E-state index contributed by atoms with van der Waals surface area (Å²) in [6.07, 6.45) is 0. The highest BCUT2D eigenvalue weighted by molar-refractivity contribution is 6.63. The largest absolute Gasteiger partial charge is 0.498 e. The number of methoxy groups -OCH3 is 1. The standard InChI is InChI=1S/C20H27BN2O4/c1-13-17(21-26-19(3,4)20(5,6)27-21)14(2)23(22-13)12-15-8-10-16(11-9-15)18(24)25-7/h8-11H,12H2,1-7H3. The van der Waals surface area contributed by atoms with E-state index in [0.717, 1.165) is 22.4 Å². The van der Waals surface area contributed by atoms with Crippen molar-refractivity contribution in [2.75, 3.05) is 7.11 Å². The molecule has 1 fully saturated rings. The Labute approximate surface area is 160 Å². The summed E-state index contributed by atoms with van der Waals surface area (Å²) in [6, 6.07) is 7.36. The predicted molar refractivity (Wildman–Crippen MR) is 104 cm³/mol. The third-order valence-electron chi connectivity index (χ3n) is 5.63. The highest BCUT2D eigenvalue weighted by Gasteiger charge is 2.53. The lowest BCUT2D eigenvalue weighted by atomic mass is 9.77. The number of aryl methyl sites for hydroxylation is 1. The molecule has 2 heterocycles. The van der Waals surface area contributed by atoms with Crippen molar-refractivity contribution >= 4 is 18.6 Å². The van der Waals surface area contributed by atoms with Gasteiger partial charge < -0.3 is 14.0 Å². The average Bonchev–Trinajstić information content (AvgIpc) is 2.98. The third kappa shape index (κ3) is 3.54. The summed E-state index contributed by atoms with van der Waals surface area (Å²) in [5, 5.41) is 4.68. The summed E-state index contributed by atoms with van der Waals surface area (Å²) in [6.45, 7) is 12.8. The quantitative estimate of drug-likeness (QED) is 0.612. The van der Waals surface area contributed by atoms with Gasteiger partial charge in [-0.3, -0.25) is 4.68 Å². The maximum absolute atomic E-state index is 11.6. The Kier molecular flexibility index (Phi) is 4.95. The molecule has 0 saturated carbocycles. The molecular formula is C20H27BN2O4. The minimum Gasteiger partial charge on any atom is -0.465 e. The van der Waals surface area contributed by atoms with Crippen LogP contribution in [0.15, 0.2) is 24.3 Å². The normalized spacial score (nSPS) is 18.0. The topological polar surface area (TPSA) is 62.6 Å². The van der Waals surface area contributed by atoms with E-state index in [1.165, 1.54) is 7.11 Å². The third-order valence-corrected chi connectivity index (χ3v) is 5.63. The molecule has 1 aliphatic rings. The molecule has 0 aliphatic carbocycles. The molecule has 1 aromatic heterocycles. The maximum atomic E-state index is 11.6. The lowest BCUT2D eigenvalue weighted by molar-refractivity contribution is 0.00578. The van der Waals surface area contributed by atoms with Gasteiger partial charge in [-0.15, -0.1) is 0 Å². The first-order chi connectivity index (χ1) is 12.6. The Morgan fingerprint density at radius 3 is 2.19 bits per heavy atom. The molecule has 0 N–H and O–H groups in total. The predicted octanol–water partition coefficient (Wildman–Crippen LogP) is 2.63. The summed E-state index contributed by atoms with van der Waals surface area (Å²) in [5.41, 5.74) is 3.71. The highest BCUT2D eigenvalue weighted by atomic mass is 16.7. The van der Waals surface area contributed by atoms with Crippen LogP contribution in [0.5, 0.6) is 0 Å². The van der Waals surface area contributed by atoms with Crippen LogP contribution in [0.4, 0.5) is 0 Å². The van der Waals surface area contributed by atoms with Gasteiger partial charge in [-0.05, 0) is 59.2 Å². The van der Waals surface area contributed by atoms with Crippen LogP contribution in [-0.2, 0) is 20.6 Å². The summed E-state index contributed by atoms with van der Waals surface area (Å²) in [5.74, 6) is -0.337. The van der Waals surface area contributed by atoms with Crippen LogP contribution >= 0.6 is 0 Å². The molecular weight excluding hydrogens is 343 g/mol. The summed E-state index contributed by atoms with van der Waals surface area (Å²) in [7, 11) is 0.953. The molecule has 0 spiro atoms. The minimum absolute atomic E-state index is 0.337. The van der Waals surface area contributed by atoms with E-state index < -0.39 is 7.12 Å². The van der Waals surface area contributed by atoms with Gasteiger partial charge in [0.25, 0.3) is 0 Å². The molecule has 1 saturated heterocycles. The first-order valence-electron chi connectivity index (χ1n) is 9.12. The number of hydrogen-bond acceptors (Lipinski definition) is 5. The van der Waals surface area contributed by atoms with Crippen LogP contribution in [0.1, 0.15) is 55.0 Å². The van der Waals surface area contributed by atoms with Gasteiger partial charge in [0.2, 0.25) is 0 Å². The first kappa shape index (κ1) is 19.6. The zero-order chi connectivity index (χ0) is 20.0. The number of benzene rings is 1. The lowest BCUT2D eigenvalue weighted by Gasteiger charge is -2.32. The minimum atomic E-state index is -0.426. The van der Waals surface area contributed by atoms with Crippen molar-refractivity contribution in [3.63, 3.8) is 0 Å². The van der Waals surface area contributed by atoms with E-state index in [9.17, 15) is 4.79 Å². The number of hydrogen-bond donors (Lipinski definition) is 0. The molecule has 2 aromatic rings.